The molecule has 0 aliphatic carbocycles. The molecule has 158 valence electrons. The first-order chi connectivity index (χ1) is 15.1. The zero-order chi connectivity index (χ0) is 21.4. The van der Waals surface area contributed by atoms with Crippen molar-refractivity contribution in [2.75, 3.05) is 30.8 Å². The molecule has 0 bridgehead atoms. The number of H-pyrrole nitrogens is 1. The van der Waals surface area contributed by atoms with Gasteiger partial charge in [0.1, 0.15) is 5.82 Å². The number of hydrogen-bond donors (Lipinski definition) is 3. The van der Waals surface area contributed by atoms with Gasteiger partial charge in [-0.3, -0.25) is 4.79 Å². The third-order valence-corrected chi connectivity index (χ3v) is 6.18. The topological polar surface area (TPSA) is 73.1 Å². The lowest BCUT2D eigenvalue weighted by atomic mass is 9.94. The summed E-state index contributed by atoms with van der Waals surface area (Å²) in [5.41, 5.74) is 6.41. The minimum Gasteiger partial charge on any atom is -0.382 e. The van der Waals surface area contributed by atoms with E-state index >= 15 is 0 Å². The van der Waals surface area contributed by atoms with Gasteiger partial charge >= 0.3 is 0 Å². The molecule has 1 amide bonds. The number of likely N-dealkylation sites (tertiary alicyclic amines) is 1. The number of anilines is 2. The second-order valence-electron chi connectivity index (χ2n) is 8.49. The van der Waals surface area contributed by atoms with E-state index < -0.39 is 0 Å². The molecule has 2 aliphatic rings. The number of imidazole rings is 1. The lowest BCUT2D eigenvalue weighted by Crippen LogP contribution is -2.36. The number of aromatic amines is 1. The fourth-order valence-corrected chi connectivity index (χ4v) is 4.42. The summed E-state index contributed by atoms with van der Waals surface area (Å²) < 4.78 is 0. The average Bonchev–Trinajstić information content (AvgIpc) is 3.40. The third kappa shape index (κ3) is 3.86. The summed E-state index contributed by atoms with van der Waals surface area (Å²) in [7, 11) is 2.17. The lowest BCUT2D eigenvalue weighted by molar-refractivity contribution is -0.110. The lowest BCUT2D eigenvalue weighted by Gasteiger charge is -2.30. The highest BCUT2D eigenvalue weighted by Crippen LogP contribution is 2.40. The zero-order valence-electron chi connectivity index (χ0n) is 17.9. The van der Waals surface area contributed by atoms with Crippen molar-refractivity contribution < 1.29 is 4.79 Å². The van der Waals surface area contributed by atoms with Gasteiger partial charge in [0.05, 0.1) is 5.57 Å². The van der Waals surface area contributed by atoms with Gasteiger partial charge in [-0.1, -0.05) is 29.8 Å². The molecule has 1 aromatic heterocycles. The third-order valence-electron chi connectivity index (χ3n) is 6.18. The zero-order valence-corrected chi connectivity index (χ0v) is 17.9. The van der Waals surface area contributed by atoms with E-state index in [4.69, 9.17) is 0 Å². The number of carbonyl (C=O) groups is 1. The summed E-state index contributed by atoms with van der Waals surface area (Å²) in [5, 5.41) is 6.71. The molecule has 6 nitrogen and oxygen atoms in total. The number of piperidine rings is 1. The molecule has 0 spiro atoms. The maximum Gasteiger partial charge on any atom is 0.257 e. The van der Waals surface area contributed by atoms with Crippen LogP contribution in [0, 0.1) is 6.92 Å². The highest BCUT2D eigenvalue weighted by Gasteiger charge is 2.30. The minimum absolute atomic E-state index is 0.0987. The van der Waals surface area contributed by atoms with Crippen LogP contribution in [0.2, 0.25) is 0 Å². The normalized spacial score (nSPS) is 18.6. The summed E-state index contributed by atoms with van der Waals surface area (Å²) in [4.78, 5) is 23.1. The summed E-state index contributed by atoms with van der Waals surface area (Å²) >= 11 is 0. The fraction of sp³-hybridized carbons (Fsp3) is 0.280. The second kappa shape index (κ2) is 8.04. The molecule has 0 radical (unpaired) electrons. The maximum atomic E-state index is 13.1. The number of aryl methyl sites for hydroxylation is 1. The maximum absolute atomic E-state index is 13.1. The highest BCUT2D eigenvalue weighted by atomic mass is 16.2. The van der Waals surface area contributed by atoms with E-state index in [-0.39, 0.29) is 5.91 Å². The molecule has 31 heavy (non-hydrogen) atoms. The van der Waals surface area contributed by atoms with Crippen molar-refractivity contribution in [3.8, 4) is 0 Å². The van der Waals surface area contributed by atoms with Gasteiger partial charge in [-0.15, -0.1) is 0 Å². The Kier molecular flexibility index (Phi) is 5.08. The van der Waals surface area contributed by atoms with Crippen LogP contribution in [0.25, 0.3) is 11.1 Å². The Morgan fingerprint density at radius 2 is 1.90 bits per heavy atom. The van der Waals surface area contributed by atoms with E-state index in [1.54, 1.807) is 12.4 Å². The van der Waals surface area contributed by atoms with Crippen molar-refractivity contribution in [2.24, 2.45) is 0 Å². The van der Waals surface area contributed by atoms with Crippen LogP contribution < -0.4 is 10.6 Å². The Morgan fingerprint density at radius 1 is 1.13 bits per heavy atom. The van der Waals surface area contributed by atoms with E-state index in [2.05, 4.69) is 63.7 Å². The van der Waals surface area contributed by atoms with Crippen LogP contribution in [0.4, 0.5) is 11.4 Å². The number of rotatable bonds is 4. The fourth-order valence-electron chi connectivity index (χ4n) is 4.42. The first-order valence-electron chi connectivity index (χ1n) is 10.8. The monoisotopic (exact) mass is 413 g/mol. The number of nitrogens with one attached hydrogen (secondary N) is 3. The molecule has 2 aromatic carbocycles. The smallest absolute Gasteiger partial charge is 0.257 e. The number of amides is 1. The number of hydrogen-bond acceptors (Lipinski definition) is 4. The van der Waals surface area contributed by atoms with Crippen LogP contribution >= 0.6 is 0 Å². The second-order valence-corrected chi connectivity index (χ2v) is 8.49. The molecule has 2 aliphatic heterocycles. The van der Waals surface area contributed by atoms with Crippen LogP contribution in [0.15, 0.2) is 54.9 Å². The number of carbonyl (C=O) groups excluding carboxylic acids is 1. The Morgan fingerprint density at radius 3 is 2.61 bits per heavy atom. The molecule has 3 heterocycles. The van der Waals surface area contributed by atoms with Gasteiger partial charge in [-0.25, -0.2) is 4.98 Å². The van der Waals surface area contributed by atoms with E-state index in [0.29, 0.717) is 17.4 Å². The van der Waals surface area contributed by atoms with Crippen LogP contribution in [-0.2, 0) is 4.79 Å². The molecule has 1 saturated heterocycles. The van der Waals surface area contributed by atoms with Crippen molar-refractivity contribution in [1.82, 2.24) is 14.9 Å². The summed E-state index contributed by atoms with van der Waals surface area (Å²) in [6.07, 6.45) is 5.74. The Labute approximate surface area is 182 Å². The van der Waals surface area contributed by atoms with Gasteiger partial charge in [0.15, 0.2) is 0 Å². The van der Waals surface area contributed by atoms with Crippen molar-refractivity contribution >= 4 is 28.4 Å². The van der Waals surface area contributed by atoms with Crippen LogP contribution in [0.3, 0.4) is 0 Å². The molecule has 6 heteroatoms. The molecule has 0 atom stereocenters. The van der Waals surface area contributed by atoms with Crippen molar-refractivity contribution in [3.05, 3.63) is 77.4 Å². The average molecular weight is 414 g/mol. The molecule has 5 rings (SSSR count). The van der Waals surface area contributed by atoms with E-state index in [9.17, 15) is 4.79 Å². The minimum atomic E-state index is -0.0987. The molecular weight excluding hydrogens is 386 g/mol. The Bertz CT molecular complexity index is 1120. The molecule has 0 unspecified atom stereocenters. The summed E-state index contributed by atoms with van der Waals surface area (Å²) in [6, 6.07) is 14.8. The summed E-state index contributed by atoms with van der Waals surface area (Å²) in [6.45, 7) is 4.26. The Balaban J connectivity index is 1.58. The van der Waals surface area contributed by atoms with E-state index in [0.717, 1.165) is 54.0 Å². The summed E-state index contributed by atoms with van der Waals surface area (Å²) in [5.74, 6) is 0.592. The predicted molar refractivity (Wildman–Crippen MR) is 125 cm³/mol. The molecule has 1 fully saturated rings. The van der Waals surface area contributed by atoms with Crippen molar-refractivity contribution in [3.63, 3.8) is 0 Å². The van der Waals surface area contributed by atoms with E-state index in [1.165, 1.54) is 5.56 Å². The highest BCUT2D eigenvalue weighted by molar-refractivity contribution is 6.38. The Hall–Kier alpha value is -3.38. The van der Waals surface area contributed by atoms with Crippen molar-refractivity contribution in [2.45, 2.75) is 25.8 Å². The van der Waals surface area contributed by atoms with Crippen LogP contribution in [0.5, 0.6) is 0 Å². The SMILES string of the molecule is Cc1ccc(C(=C2C(=O)Nc3ccc(NC4CCN(C)CC4)cc32)c2ncc[nH]2)cc1. The molecule has 3 aromatic rings. The molecule has 3 N–H and O–H groups in total. The van der Waals surface area contributed by atoms with Gasteiger partial charge in [-0.05, 0) is 63.7 Å². The number of benzene rings is 2. The number of nitrogens with zero attached hydrogens (tertiary/aromatic N) is 2. The van der Waals surface area contributed by atoms with E-state index in [1.807, 2.05) is 18.2 Å². The largest absolute Gasteiger partial charge is 0.382 e. The predicted octanol–water partition coefficient (Wildman–Crippen LogP) is 4.14. The van der Waals surface area contributed by atoms with Gasteiger partial charge in [-0.2, -0.15) is 0 Å². The number of aromatic nitrogens is 2. The van der Waals surface area contributed by atoms with Crippen molar-refractivity contribution in [1.29, 1.82) is 0 Å². The quantitative estimate of drug-likeness (QED) is 0.562. The first-order valence-corrected chi connectivity index (χ1v) is 10.8. The number of fused-ring (bicyclic) bond motifs is 1. The van der Waals surface area contributed by atoms with Crippen LogP contribution in [0.1, 0.15) is 35.4 Å². The standard InChI is InChI=1S/C25H27N5O/c1-16-3-5-17(6-4-16)22(24-26-11-12-27-24)23-20-15-19(7-8-21(20)29-25(23)31)28-18-9-13-30(2)14-10-18/h3-8,11-12,15,18,28H,9-10,13-14H2,1-2H3,(H,26,27)(H,29,31). The molecular formula is C25H27N5O. The van der Waals surface area contributed by atoms with Gasteiger partial charge < -0.3 is 20.5 Å². The van der Waals surface area contributed by atoms with Gasteiger partial charge in [0.2, 0.25) is 0 Å². The van der Waals surface area contributed by atoms with Gasteiger partial charge in [0.25, 0.3) is 5.91 Å². The van der Waals surface area contributed by atoms with Gasteiger partial charge in [0, 0.05) is 40.9 Å². The molecule has 0 saturated carbocycles. The van der Waals surface area contributed by atoms with Crippen LogP contribution in [-0.4, -0.2) is 47.0 Å². The first kappa shape index (κ1) is 19.6.